The lowest BCUT2D eigenvalue weighted by molar-refractivity contribution is -0.167. The third kappa shape index (κ3) is 1.89. The van der Waals surface area contributed by atoms with Crippen molar-refractivity contribution in [2.75, 3.05) is 19.8 Å². The van der Waals surface area contributed by atoms with Gasteiger partial charge in [-0.2, -0.15) is 0 Å². The maximum absolute atomic E-state index is 10.9. The second-order valence-corrected chi connectivity index (χ2v) is 6.47. The van der Waals surface area contributed by atoms with Crippen molar-refractivity contribution in [3.05, 3.63) is 0 Å². The molecule has 2 N–H and O–H groups in total. The van der Waals surface area contributed by atoms with Crippen LogP contribution in [-0.2, 0) is 4.74 Å². The number of hydrogen-bond donors (Lipinski definition) is 2. The van der Waals surface area contributed by atoms with Gasteiger partial charge < -0.3 is 14.9 Å². The molecule has 1 saturated heterocycles. The van der Waals surface area contributed by atoms with Crippen LogP contribution in [0.1, 0.15) is 46.0 Å². The molecule has 2 fully saturated rings. The van der Waals surface area contributed by atoms with Gasteiger partial charge in [-0.15, -0.1) is 0 Å². The summed E-state index contributed by atoms with van der Waals surface area (Å²) in [6.45, 7) is 5.70. The van der Waals surface area contributed by atoms with Gasteiger partial charge in [-0.05, 0) is 37.5 Å². The van der Waals surface area contributed by atoms with E-state index in [9.17, 15) is 10.2 Å². The maximum Gasteiger partial charge on any atom is 0.0753 e. The van der Waals surface area contributed by atoms with Gasteiger partial charge in [-0.25, -0.2) is 0 Å². The Labute approximate surface area is 97.8 Å². The molecule has 2 atom stereocenters. The molecule has 0 spiro atoms. The Kier molecular flexibility index (Phi) is 3.06. The van der Waals surface area contributed by atoms with Gasteiger partial charge in [-0.1, -0.05) is 13.8 Å². The average molecular weight is 228 g/mol. The molecule has 0 amide bonds. The molecular weight excluding hydrogens is 204 g/mol. The minimum atomic E-state index is -0.730. The van der Waals surface area contributed by atoms with Crippen molar-refractivity contribution < 1.29 is 14.9 Å². The van der Waals surface area contributed by atoms with Gasteiger partial charge in [0.05, 0.1) is 18.8 Å². The molecule has 0 aromatic carbocycles. The molecule has 2 aliphatic rings. The standard InChI is InChI=1S/C13H24O3/c1-11(2)5-6-13(15,8-11)12(9-14)4-3-7-16-10-12/h14-15H,3-10H2,1-2H3. The SMILES string of the molecule is CC1(C)CCC(O)(C2(CO)CCCOC2)C1. The highest BCUT2D eigenvalue weighted by molar-refractivity contribution is 5.06. The van der Waals surface area contributed by atoms with Crippen molar-refractivity contribution in [3.63, 3.8) is 0 Å². The summed E-state index contributed by atoms with van der Waals surface area (Å²) >= 11 is 0. The molecular formula is C13H24O3. The lowest BCUT2D eigenvalue weighted by Crippen LogP contribution is -2.54. The van der Waals surface area contributed by atoms with Crippen molar-refractivity contribution in [2.24, 2.45) is 10.8 Å². The van der Waals surface area contributed by atoms with E-state index >= 15 is 0 Å². The number of ether oxygens (including phenoxy) is 1. The molecule has 1 aliphatic heterocycles. The van der Waals surface area contributed by atoms with Crippen LogP contribution < -0.4 is 0 Å². The summed E-state index contributed by atoms with van der Waals surface area (Å²) in [6, 6.07) is 0. The Morgan fingerprint density at radius 3 is 2.38 bits per heavy atom. The lowest BCUT2D eigenvalue weighted by Gasteiger charge is -2.47. The predicted octanol–water partition coefficient (Wildman–Crippen LogP) is 1.72. The molecule has 3 nitrogen and oxygen atoms in total. The second-order valence-electron chi connectivity index (χ2n) is 6.47. The molecule has 1 saturated carbocycles. The number of rotatable bonds is 2. The van der Waals surface area contributed by atoms with Crippen LogP contribution >= 0.6 is 0 Å². The first-order valence-corrected chi connectivity index (χ1v) is 6.34. The van der Waals surface area contributed by atoms with Gasteiger partial charge in [0.1, 0.15) is 0 Å². The molecule has 1 aliphatic carbocycles. The molecule has 0 radical (unpaired) electrons. The van der Waals surface area contributed by atoms with Gasteiger partial charge in [0.2, 0.25) is 0 Å². The van der Waals surface area contributed by atoms with Crippen LogP contribution in [-0.4, -0.2) is 35.6 Å². The number of hydrogen-bond acceptors (Lipinski definition) is 3. The predicted molar refractivity (Wildman–Crippen MR) is 62.2 cm³/mol. The molecule has 2 rings (SSSR count). The topological polar surface area (TPSA) is 49.7 Å². The van der Waals surface area contributed by atoms with E-state index in [1.54, 1.807) is 0 Å². The zero-order valence-corrected chi connectivity index (χ0v) is 10.5. The number of aliphatic hydroxyl groups is 2. The van der Waals surface area contributed by atoms with E-state index in [4.69, 9.17) is 4.74 Å². The lowest BCUT2D eigenvalue weighted by atomic mass is 9.67. The summed E-state index contributed by atoms with van der Waals surface area (Å²) in [7, 11) is 0. The summed E-state index contributed by atoms with van der Waals surface area (Å²) in [5.41, 5.74) is -0.959. The van der Waals surface area contributed by atoms with Crippen LogP contribution in [0, 0.1) is 10.8 Å². The zero-order chi connectivity index (χ0) is 11.9. The largest absolute Gasteiger partial charge is 0.396 e. The molecule has 0 bridgehead atoms. The van der Waals surface area contributed by atoms with Gasteiger partial charge in [-0.3, -0.25) is 0 Å². The zero-order valence-electron chi connectivity index (χ0n) is 10.5. The fraction of sp³-hybridized carbons (Fsp3) is 1.00. The van der Waals surface area contributed by atoms with Gasteiger partial charge in [0.25, 0.3) is 0 Å². The maximum atomic E-state index is 10.9. The molecule has 0 aromatic heterocycles. The number of aliphatic hydroxyl groups excluding tert-OH is 1. The summed E-state index contributed by atoms with van der Waals surface area (Å²) in [4.78, 5) is 0. The monoisotopic (exact) mass is 228 g/mol. The van der Waals surface area contributed by atoms with Crippen LogP contribution in [0.2, 0.25) is 0 Å². The summed E-state index contributed by atoms with van der Waals surface area (Å²) < 4.78 is 5.50. The third-order valence-electron chi connectivity index (χ3n) is 4.60. The van der Waals surface area contributed by atoms with Gasteiger partial charge in [0.15, 0.2) is 0 Å². The Balaban J connectivity index is 2.20. The smallest absolute Gasteiger partial charge is 0.0753 e. The van der Waals surface area contributed by atoms with Crippen molar-refractivity contribution in [3.8, 4) is 0 Å². The van der Waals surface area contributed by atoms with E-state index in [1.807, 2.05) is 0 Å². The fourth-order valence-electron chi connectivity index (χ4n) is 3.46. The van der Waals surface area contributed by atoms with E-state index in [1.165, 1.54) is 0 Å². The van der Waals surface area contributed by atoms with Crippen molar-refractivity contribution >= 4 is 0 Å². The first-order valence-electron chi connectivity index (χ1n) is 6.34. The minimum absolute atomic E-state index is 0.0413. The third-order valence-corrected chi connectivity index (χ3v) is 4.60. The normalized spacial score (nSPS) is 43.5. The van der Waals surface area contributed by atoms with Gasteiger partial charge in [0, 0.05) is 12.0 Å². The van der Waals surface area contributed by atoms with Crippen LogP contribution in [0.15, 0.2) is 0 Å². The molecule has 1 heterocycles. The highest BCUT2D eigenvalue weighted by Crippen LogP contribution is 2.54. The van der Waals surface area contributed by atoms with Crippen molar-refractivity contribution in [2.45, 2.75) is 51.6 Å². The van der Waals surface area contributed by atoms with Crippen LogP contribution in [0.25, 0.3) is 0 Å². The van der Waals surface area contributed by atoms with Gasteiger partial charge >= 0.3 is 0 Å². The Bertz CT molecular complexity index is 256. The highest BCUT2D eigenvalue weighted by atomic mass is 16.5. The molecule has 94 valence electrons. The highest BCUT2D eigenvalue weighted by Gasteiger charge is 2.56. The van der Waals surface area contributed by atoms with Crippen LogP contribution in [0.5, 0.6) is 0 Å². The average Bonchev–Trinajstić information content (AvgIpc) is 2.55. The Morgan fingerprint density at radius 2 is 1.94 bits per heavy atom. The van der Waals surface area contributed by atoms with Crippen LogP contribution in [0.3, 0.4) is 0 Å². The Hall–Kier alpha value is -0.120. The quantitative estimate of drug-likeness (QED) is 0.756. The second kappa shape index (κ2) is 3.97. The van der Waals surface area contributed by atoms with Crippen molar-refractivity contribution in [1.29, 1.82) is 0 Å². The van der Waals surface area contributed by atoms with Crippen molar-refractivity contribution in [1.82, 2.24) is 0 Å². The van der Waals surface area contributed by atoms with E-state index in [0.717, 1.165) is 38.7 Å². The molecule has 2 unspecified atom stereocenters. The molecule has 3 heteroatoms. The van der Waals surface area contributed by atoms with Crippen LogP contribution in [0.4, 0.5) is 0 Å². The van der Waals surface area contributed by atoms with E-state index < -0.39 is 11.0 Å². The Morgan fingerprint density at radius 1 is 1.19 bits per heavy atom. The minimum Gasteiger partial charge on any atom is -0.396 e. The molecule has 16 heavy (non-hydrogen) atoms. The summed E-state index contributed by atoms with van der Waals surface area (Å²) in [5.74, 6) is 0. The van der Waals surface area contributed by atoms with E-state index in [0.29, 0.717) is 6.61 Å². The first-order chi connectivity index (χ1) is 7.43. The molecule has 0 aromatic rings. The first kappa shape index (κ1) is 12.3. The fourth-order valence-corrected chi connectivity index (χ4v) is 3.46. The van der Waals surface area contributed by atoms with E-state index in [2.05, 4.69) is 13.8 Å². The van der Waals surface area contributed by atoms with E-state index in [-0.39, 0.29) is 12.0 Å². The summed E-state index contributed by atoms with van der Waals surface area (Å²) in [6.07, 6.45) is 4.44. The summed E-state index contributed by atoms with van der Waals surface area (Å²) in [5, 5.41) is 20.6.